The molecule has 3 N–H and O–H groups in total. The van der Waals surface area contributed by atoms with E-state index in [0.717, 1.165) is 25.8 Å². The minimum atomic E-state index is -0.132. The van der Waals surface area contributed by atoms with E-state index in [2.05, 4.69) is 19.2 Å². The van der Waals surface area contributed by atoms with Crippen LogP contribution in [-0.4, -0.2) is 35.6 Å². The Bertz CT molecular complexity index is 293. The normalized spacial score (nSPS) is 27.4. The van der Waals surface area contributed by atoms with E-state index in [1.165, 1.54) is 12.8 Å². The fourth-order valence-electron chi connectivity index (χ4n) is 3.28. The van der Waals surface area contributed by atoms with Crippen molar-refractivity contribution in [3.63, 3.8) is 0 Å². The Morgan fingerprint density at radius 1 is 1.53 bits per heavy atom. The minimum absolute atomic E-state index is 0.0522. The molecule has 2 unspecified atom stereocenters. The first-order valence-electron chi connectivity index (χ1n) is 7.73. The van der Waals surface area contributed by atoms with Gasteiger partial charge in [0.05, 0.1) is 5.54 Å². The molecule has 0 bridgehead atoms. The zero-order valence-corrected chi connectivity index (χ0v) is 13.0. The van der Waals surface area contributed by atoms with Crippen molar-refractivity contribution >= 4 is 6.03 Å². The summed E-state index contributed by atoms with van der Waals surface area (Å²) in [6, 6.07) is 0.221. The minimum Gasteiger partial charge on any atom is -0.336 e. The molecule has 1 saturated carbocycles. The Hall–Kier alpha value is -0.770. The second-order valence-electron chi connectivity index (χ2n) is 6.39. The lowest BCUT2D eigenvalue weighted by Gasteiger charge is -2.47. The zero-order chi connectivity index (χ0) is 14.5. The largest absolute Gasteiger partial charge is 0.336 e. The fraction of sp³-hybridized carbons (Fsp3) is 0.933. The molecule has 19 heavy (non-hydrogen) atoms. The number of carbonyl (C=O) groups is 1. The molecule has 0 radical (unpaired) electrons. The van der Waals surface area contributed by atoms with Crippen LogP contribution in [0.4, 0.5) is 4.79 Å². The van der Waals surface area contributed by atoms with Gasteiger partial charge in [-0.05, 0) is 39.0 Å². The summed E-state index contributed by atoms with van der Waals surface area (Å²) in [5.74, 6) is 0.656. The van der Waals surface area contributed by atoms with Gasteiger partial charge >= 0.3 is 6.03 Å². The van der Waals surface area contributed by atoms with E-state index in [-0.39, 0.29) is 17.6 Å². The van der Waals surface area contributed by atoms with E-state index in [1.807, 2.05) is 18.7 Å². The van der Waals surface area contributed by atoms with Crippen molar-refractivity contribution in [1.29, 1.82) is 0 Å². The molecule has 1 rings (SSSR count). The first kappa shape index (κ1) is 16.3. The summed E-state index contributed by atoms with van der Waals surface area (Å²) in [5.41, 5.74) is 5.95. The third kappa shape index (κ3) is 4.10. The quantitative estimate of drug-likeness (QED) is 0.806. The van der Waals surface area contributed by atoms with Crippen LogP contribution in [0.3, 0.4) is 0 Å². The highest BCUT2D eigenvalue weighted by molar-refractivity contribution is 5.75. The maximum Gasteiger partial charge on any atom is 0.318 e. The van der Waals surface area contributed by atoms with Gasteiger partial charge in [-0.3, -0.25) is 0 Å². The Morgan fingerprint density at radius 3 is 2.68 bits per heavy atom. The molecule has 0 aromatic rings. The second kappa shape index (κ2) is 7.13. The van der Waals surface area contributed by atoms with Gasteiger partial charge < -0.3 is 16.0 Å². The Morgan fingerprint density at radius 2 is 2.21 bits per heavy atom. The van der Waals surface area contributed by atoms with E-state index in [0.29, 0.717) is 12.5 Å². The molecule has 0 saturated heterocycles. The van der Waals surface area contributed by atoms with E-state index < -0.39 is 0 Å². The maximum absolute atomic E-state index is 12.5. The van der Waals surface area contributed by atoms with E-state index in [9.17, 15) is 4.79 Å². The topological polar surface area (TPSA) is 58.4 Å². The monoisotopic (exact) mass is 269 g/mol. The van der Waals surface area contributed by atoms with Gasteiger partial charge in [-0.15, -0.1) is 0 Å². The number of hydrogen-bond acceptors (Lipinski definition) is 2. The van der Waals surface area contributed by atoms with Gasteiger partial charge in [0.2, 0.25) is 0 Å². The number of urea groups is 1. The molecule has 1 fully saturated rings. The summed E-state index contributed by atoms with van der Waals surface area (Å²) < 4.78 is 0. The van der Waals surface area contributed by atoms with E-state index in [4.69, 9.17) is 5.73 Å². The maximum atomic E-state index is 12.5. The van der Waals surface area contributed by atoms with E-state index in [1.54, 1.807) is 0 Å². The molecule has 0 spiro atoms. The summed E-state index contributed by atoms with van der Waals surface area (Å²) in [7, 11) is 0. The van der Waals surface area contributed by atoms with Gasteiger partial charge in [-0.1, -0.05) is 26.7 Å². The predicted octanol–water partition coefficient (Wildman–Crippen LogP) is 2.72. The van der Waals surface area contributed by atoms with E-state index >= 15 is 0 Å². The third-order valence-corrected chi connectivity index (χ3v) is 4.12. The summed E-state index contributed by atoms with van der Waals surface area (Å²) in [5, 5.41) is 3.03. The van der Waals surface area contributed by atoms with Gasteiger partial charge in [0.15, 0.2) is 0 Å². The van der Waals surface area contributed by atoms with Crippen molar-refractivity contribution in [2.24, 2.45) is 11.7 Å². The first-order valence-corrected chi connectivity index (χ1v) is 7.73. The van der Waals surface area contributed by atoms with Crippen molar-refractivity contribution < 1.29 is 4.79 Å². The highest BCUT2D eigenvalue weighted by Gasteiger charge is 2.41. The van der Waals surface area contributed by atoms with Gasteiger partial charge in [0, 0.05) is 19.1 Å². The zero-order valence-electron chi connectivity index (χ0n) is 13.0. The van der Waals surface area contributed by atoms with Gasteiger partial charge in [0.25, 0.3) is 0 Å². The number of nitrogens with two attached hydrogens (primary N) is 1. The fourth-order valence-corrected chi connectivity index (χ4v) is 3.28. The third-order valence-electron chi connectivity index (χ3n) is 4.12. The molecular weight excluding hydrogens is 238 g/mol. The van der Waals surface area contributed by atoms with Crippen LogP contribution in [0.25, 0.3) is 0 Å². The van der Waals surface area contributed by atoms with Crippen molar-refractivity contribution in [2.75, 3.05) is 13.1 Å². The van der Waals surface area contributed by atoms with Crippen LogP contribution in [0.2, 0.25) is 0 Å². The molecule has 1 aliphatic rings. The van der Waals surface area contributed by atoms with Gasteiger partial charge in [0.1, 0.15) is 0 Å². The number of nitrogens with zero attached hydrogens (tertiary/aromatic N) is 1. The molecule has 0 aliphatic heterocycles. The molecule has 2 amide bonds. The molecule has 1 aliphatic carbocycles. The molecule has 112 valence electrons. The SMILES string of the molecule is CCCN(C(=O)NC(C)C)C1(CN)CCCC(C)C1. The lowest BCUT2D eigenvalue weighted by molar-refractivity contribution is 0.0650. The summed E-state index contributed by atoms with van der Waals surface area (Å²) >= 11 is 0. The average molecular weight is 269 g/mol. The van der Waals surface area contributed by atoms with Crippen LogP contribution < -0.4 is 11.1 Å². The molecule has 4 heteroatoms. The molecule has 2 atom stereocenters. The average Bonchev–Trinajstić information content (AvgIpc) is 2.34. The number of nitrogens with one attached hydrogen (secondary N) is 1. The molecule has 4 nitrogen and oxygen atoms in total. The lowest BCUT2D eigenvalue weighted by Crippen LogP contribution is -2.61. The lowest BCUT2D eigenvalue weighted by atomic mass is 9.75. The van der Waals surface area contributed by atoms with Crippen LogP contribution in [0.15, 0.2) is 0 Å². The highest BCUT2D eigenvalue weighted by atomic mass is 16.2. The Kier molecular flexibility index (Phi) is 6.11. The van der Waals surface area contributed by atoms with Crippen molar-refractivity contribution in [3.8, 4) is 0 Å². The van der Waals surface area contributed by atoms with Crippen LogP contribution in [0, 0.1) is 5.92 Å². The number of carbonyl (C=O) groups excluding carboxylic acids is 1. The van der Waals surface area contributed by atoms with Crippen molar-refractivity contribution in [1.82, 2.24) is 10.2 Å². The Labute approximate surface area is 118 Å². The number of hydrogen-bond donors (Lipinski definition) is 2. The van der Waals surface area contributed by atoms with Crippen molar-refractivity contribution in [3.05, 3.63) is 0 Å². The summed E-state index contributed by atoms with van der Waals surface area (Å²) in [6.45, 7) is 9.76. The smallest absolute Gasteiger partial charge is 0.318 e. The Balaban J connectivity index is 2.89. The molecular formula is C15H31N3O. The summed E-state index contributed by atoms with van der Waals surface area (Å²) in [6.07, 6.45) is 5.48. The highest BCUT2D eigenvalue weighted by Crippen LogP contribution is 2.36. The van der Waals surface area contributed by atoms with Crippen LogP contribution in [-0.2, 0) is 0 Å². The molecule has 0 heterocycles. The van der Waals surface area contributed by atoms with Crippen LogP contribution in [0.1, 0.15) is 59.8 Å². The second-order valence-corrected chi connectivity index (χ2v) is 6.39. The number of rotatable bonds is 5. The van der Waals surface area contributed by atoms with Gasteiger partial charge in [-0.2, -0.15) is 0 Å². The molecule has 0 aromatic heterocycles. The van der Waals surface area contributed by atoms with Crippen LogP contribution >= 0.6 is 0 Å². The number of amides is 2. The van der Waals surface area contributed by atoms with Gasteiger partial charge in [-0.25, -0.2) is 4.79 Å². The first-order chi connectivity index (χ1) is 8.95. The standard InChI is InChI=1S/C15H31N3O/c1-5-9-18(14(19)17-12(2)3)15(11-16)8-6-7-13(4)10-15/h12-13H,5-11,16H2,1-4H3,(H,17,19). The van der Waals surface area contributed by atoms with Crippen molar-refractivity contribution in [2.45, 2.75) is 71.4 Å². The summed E-state index contributed by atoms with van der Waals surface area (Å²) in [4.78, 5) is 14.5. The van der Waals surface area contributed by atoms with Crippen LogP contribution in [0.5, 0.6) is 0 Å². The predicted molar refractivity (Wildman–Crippen MR) is 80.1 cm³/mol. The molecule has 0 aromatic carbocycles.